The molecule has 5 rings (SSSR count). The highest BCUT2D eigenvalue weighted by molar-refractivity contribution is 8.03. The number of thioether (sulfide) groups is 1. The zero-order valence-corrected chi connectivity index (χ0v) is 18.7. The lowest BCUT2D eigenvalue weighted by atomic mass is 9.73. The van der Waals surface area contributed by atoms with Gasteiger partial charge < -0.3 is 9.64 Å². The Morgan fingerprint density at radius 3 is 2.29 bits per heavy atom. The smallest absolute Gasteiger partial charge is 0.118 e. The molecule has 0 spiro atoms. The monoisotopic (exact) mass is 424 g/mol. The molecule has 0 fully saturated rings. The van der Waals surface area contributed by atoms with Gasteiger partial charge in [-0.1, -0.05) is 72.8 Å². The summed E-state index contributed by atoms with van der Waals surface area (Å²) in [6.07, 6.45) is 0. The number of nitrogens with zero attached hydrogens (tertiary/aromatic N) is 2. The first-order chi connectivity index (χ1) is 15.1. The number of nitriles is 1. The highest BCUT2D eigenvalue weighted by Gasteiger charge is 2.46. The molecule has 4 heteroatoms. The molecular weight excluding hydrogens is 400 g/mol. The van der Waals surface area contributed by atoms with Crippen molar-refractivity contribution in [3.8, 4) is 11.8 Å². The summed E-state index contributed by atoms with van der Waals surface area (Å²) in [6.45, 7) is 4.38. The van der Waals surface area contributed by atoms with Gasteiger partial charge in [0.15, 0.2) is 0 Å². The predicted octanol–water partition coefficient (Wildman–Crippen LogP) is 6.83. The van der Waals surface area contributed by atoms with E-state index in [1.165, 1.54) is 27.3 Å². The minimum absolute atomic E-state index is 0.0470. The zero-order chi connectivity index (χ0) is 21.5. The number of fused-ring (bicyclic) bond motifs is 3. The Balaban J connectivity index is 1.72. The molecule has 2 aliphatic rings. The molecule has 3 nitrogen and oxygen atoms in total. The fraction of sp³-hybridized carbons (Fsp3) is 0.222. The third kappa shape index (κ3) is 3.21. The van der Waals surface area contributed by atoms with Crippen molar-refractivity contribution in [2.75, 3.05) is 12.0 Å². The van der Waals surface area contributed by atoms with E-state index in [2.05, 4.69) is 85.5 Å². The van der Waals surface area contributed by atoms with Gasteiger partial charge in [0, 0.05) is 10.8 Å². The maximum absolute atomic E-state index is 10.3. The van der Waals surface area contributed by atoms with E-state index < -0.39 is 0 Å². The predicted molar refractivity (Wildman–Crippen MR) is 126 cm³/mol. The Hall–Kier alpha value is -3.16. The fourth-order valence-corrected chi connectivity index (χ4v) is 6.11. The van der Waals surface area contributed by atoms with Crippen LogP contribution in [0.1, 0.15) is 35.6 Å². The lowest BCUT2D eigenvalue weighted by Crippen LogP contribution is -2.38. The summed E-state index contributed by atoms with van der Waals surface area (Å²) < 4.78 is 5.39. The molecule has 0 N–H and O–H groups in total. The second-order valence-corrected chi connectivity index (χ2v) is 9.27. The van der Waals surface area contributed by atoms with Gasteiger partial charge in [-0.15, -0.1) is 0 Å². The van der Waals surface area contributed by atoms with Crippen LogP contribution in [0, 0.1) is 24.2 Å². The van der Waals surface area contributed by atoms with E-state index in [4.69, 9.17) is 4.74 Å². The molecule has 0 aromatic heterocycles. The van der Waals surface area contributed by atoms with Crippen molar-refractivity contribution < 1.29 is 4.74 Å². The molecule has 3 aromatic rings. The summed E-state index contributed by atoms with van der Waals surface area (Å²) in [7, 11) is 1.69. The van der Waals surface area contributed by atoms with Crippen LogP contribution in [0.25, 0.3) is 0 Å². The Morgan fingerprint density at radius 2 is 1.61 bits per heavy atom. The van der Waals surface area contributed by atoms with E-state index in [-0.39, 0.29) is 17.9 Å². The van der Waals surface area contributed by atoms with E-state index in [9.17, 15) is 5.26 Å². The molecule has 2 heterocycles. The highest BCUT2D eigenvalue weighted by atomic mass is 32.2. The average Bonchev–Trinajstić information content (AvgIpc) is 3.18. The van der Waals surface area contributed by atoms with Crippen molar-refractivity contribution in [2.24, 2.45) is 5.92 Å². The Morgan fingerprint density at radius 1 is 0.935 bits per heavy atom. The lowest BCUT2D eigenvalue weighted by molar-refractivity contribution is 0.391. The molecule has 0 aliphatic carbocycles. The topological polar surface area (TPSA) is 36.3 Å². The van der Waals surface area contributed by atoms with Crippen LogP contribution in [0.5, 0.6) is 5.75 Å². The first kappa shape index (κ1) is 19.8. The van der Waals surface area contributed by atoms with E-state index >= 15 is 0 Å². The van der Waals surface area contributed by atoms with Gasteiger partial charge in [0.1, 0.15) is 5.75 Å². The molecular formula is C27H24N2OS. The van der Waals surface area contributed by atoms with Crippen molar-refractivity contribution >= 4 is 17.4 Å². The fourth-order valence-electron chi connectivity index (χ4n) is 4.89. The number of hydrogen-bond donors (Lipinski definition) is 0. The number of aryl methyl sites for hydroxylation is 1. The summed E-state index contributed by atoms with van der Waals surface area (Å²) in [5, 5.41) is 11.3. The molecule has 31 heavy (non-hydrogen) atoms. The first-order valence-corrected chi connectivity index (χ1v) is 11.3. The normalized spacial score (nSPS) is 22.0. The Bertz CT molecular complexity index is 1190. The SMILES string of the molecule is COc1ccc([C@H]2[C@H](C)[C@@H](c3ccc(C)cc3)C(C#N)=C3Sc4ccccc4N32)cc1. The molecule has 3 atom stereocenters. The van der Waals surface area contributed by atoms with Gasteiger partial charge in [-0.05, 0) is 48.2 Å². The summed E-state index contributed by atoms with van der Waals surface area (Å²) in [4.78, 5) is 3.59. The number of hydrogen-bond acceptors (Lipinski definition) is 4. The summed E-state index contributed by atoms with van der Waals surface area (Å²) in [5.41, 5.74) is 5.72. The minimum Gasteiger partial charge on any atom is -0.497 e. The molecule has 0 unspecified atom stereocenters. The third-order valence-corrected chi connectivity index (χ3v) is 7.58. The minimum atomic E-state index is 0.0470. The van der Waals surface area contributed by atoms with Gasteiger partial charge in [0.2, 0.25) is 0 Å². The zero-order valence-electron chi connectivity index (χ0n) is 17.9. The number of methoxy groups -OCH3 is 1. The van der Waals surface area contributed by atoms with Crippen molar-refractivity contribution in [2.45, 2.75) is 30.7 Å². The third-order valence-electron chi connectivity index (χ3n) is 6.41. The Labute approximate surface area is 188 Å². The number of anilines is 1. The molecule has 154 valence electrons. The molecule has 0 saturated heterocycles. The largest absolute Gasteiger partial charge is 0.497 e. The second kappa shape index (κ2) is 7.83. The maximum Gasteiger partial charge on any atom is 0.118 e. The van der Waals surface area contributed by atoms with Gasteiger partial charge in [0.25, 0.3) is 0 Å². The quantitative estimate of drug-likeness (QED) is 0.462. The lowest BCUT2D eigenvalue weighted by Gasteiger charge is -2.44. The number of rotatable bonds is 3. The van der Waals surface area contributed by atoms with Crippen LogP contribution < -0.4 is 9.64 Å². The standard InChI is InChI=1S/C27H24N2OS/c1-17-8-10-19(11-9-17)25-18(2)26(20-12-14-21(30-3)15-13-20)29-23-6-4-5-7-24(23)31-27(29)22(25)16-28/h4-15,18,25-26H,1-3H3/t18-,25+,26-/m1/s1. The van der Waals surface area contributed by atoms with Crippen LogP contribution in [0.3, 0.4) is 0 Å². The van der Waals surface area contributed by atoms with E-state index in [1.807, 2.05) is 12.1 Å². The number of ether oxygens (including phenoxy) is 1. The van der Waals surface area contributed by atoms with Crippen LogP contribution in [-0.4, -0.2) is 7.11 Å². The number of allylic oxidation sites excluding steroid dienone is 1. The molecule has 0 bridgehead atoms. The summed E-state index contributed by atoms with van der Waals surface area (Å²) in [6, 6.07) is 28.2. The van der Waals surface area contributed by atoms with Crippen LogP contribution in [-0.2, 0) is 0 Å². The highest BCUT2D eigenvalue weighted by Crippen LogP contribution is 2.59. The van der Waals surface area contributed by atoms with Crippen LogP contribution in [0.4, 0.5) is 5.69 Å². The van der Waals surface area contributed by atoms with Crippen molar-refractivity contribution in [1.82, 2.24) is 0 Å². The Kier molecular flexibility index (Phi) is 5.00. The van der Waals surface area contributed by atoms with Crippen LogP contribution in [0.2, 0.25) is 0 Å². The van der Waals surface area contributed by atoms with Crippen LogP contribution >= 0.6 is 11.8 Å². The van der Waals surface area contributed by atoms with Gasteiger partial charge in [-0.25, -0.2) is 0 Å². The van der Waals surface area contributed by atoms with Gasteiger partial charge in [0.05, 0.1) is 35.5 Å². The van der Waals surface area contributed by atoms with Crippen molar-refractivity contribution in [3.63, 3.8) is 0 Å². The molecule has 2 aliphatic heterocycles. The molecule has 0 saturated carbocycles. The molecule has 0 amide bonds. The number of benzene rings is 3. The summed E-state index contributed by atoms with van der Waals surface area (Å²) in [5.74, 6) is 1.11. The maximum atomic E-state index is 10.3. The number of para-hydroxylation sites is 1. The van der Waals surface area contributed by atoms with Crippen LogP contribution in [0.15, 0.2) is 88.3 Å². The molecule has 3 aromatic carbocycles. The van der Waals surface area contributed by atoms with E-state index in [0.717, 1.165) is 16.4 Å². The van der Waals surface area contributed by atoms with Crippen molar-refractivity contribution in [1.29, 1.82) is 5.26 Å². The van der Waals surface area contributed by atoms with E-state index in [1.54, 1.807) is 18.9 Å². The van der Waals surface area contributed by atoms with Gasteiger partial charge >= 0.3 is 0 Å². The summed E-state index contributed by atoms with van der Waals surface area (Å²) >= 11 is 1.72. The van der Waals surface area contributed by atoms with Gasteiger partial charge in [-0.2, -0.15) is 5.26 Å². The second-order valence-electron chi connectivity index (χ2n) is 8.24. The molecule has 0 radical (unpaired) electrons. The van der Waals surface area contributed by atoms with E-state index in [0.29, 0.717) is 0 Å². The van der Waals surface area contributed by atoms with Crippen molar-refractivity contribution in [3.05, 3.63) is 100 Å². The first-order valence-electron chi connectivity index (χ1n) is 10.5. The average molecular weight is 425 g/mol. The van der Waals surface area contributed by atoms with Gasteiger partial charge in [-0.3, -0.25) is 0 Å².